The monoisotopic (exact) mass is 194 g/mol. The van der Waals surface area contributed by atoms with Crippen LogP contribution in [0.5, 0.6) is 0 Å². The summed E-state index contributed by atoms with van der Waals surface area (Å²) in [4.78, 5) is 20.4. The molecule has 0 saturated carbocycles. The summed E-state index contributed by atoms with van der Waals surface area (Å²) in [6.45, 7) is 0. The van der Waals surface area contributed by atoms with E-state index in [9.17, 15) is 18.4 Å². The minimum absolute atomic E-state index is 0.436. The van der Waals surface area contributed by atoms with Gasteiger partial charge in [0.15, 0.2) is 5.92 Å². The topological polar surface area (TPSA) is 74.6 Å². The van der Waals surface area contributed by atoms with Crippen molar-refractivity contribution in [1.82, 2.24) is 0 Å². The molecule has 74 valence electrons. The van der Waals surface area contributed by atoms with E-state index in [1.54, 1.807) is 0 Å². The number of carboxylic acid groups (broad SMARTS) is 2. The Hall–Kier alpha value is -1.46. The molecule has 0 fully saturated rings. The van der Waals surface area contributed by atoms with Crippen molar-refractivity contribution < 1.29 is 28.6 Å². The Morgan fingerprint density at radius 1 is 1.23 bits per heavy atom. The number of halogens is 2. The van der Waals surface area contributed by atoms with E-state index in [2.05, 4.69) is 0 Å². The molecule has 0 radical (unpaired) electrons. The quantitative estimate of drug-likeness (QED) is 0.505. The lowest BCUT2D eigenvalue weighted by Gasteiger charge is -2.02. The third-order valence-electron chi connectivity index (χ3n) is 1.25. The van der Waals surface area contributed by atoms with Gasteiger partial charge in [0, 0.05) is 0 Å². The van der Waals surface area contributed by atoms with Crippen LogP contribution in [0.4, 0.5) is 8.78 Å². The molecule has 0 aromatic rings. The molecule has 0 aromatic heterocycles. The van der Waals surface area contributed by atoms with Crippen molar-refractivity contribution in [3.8, 4) is 0 Å². The number of hydrogen-bond acceptors (Lipinski definition) is 2. The third-order valence-corrected chi connectivity index (χ3v) is 1.25. The molecule has 4 nitrogen and oxygen atoms in total. The molecule has 6 heteroatoms. The first-order chi connectivity index (χ1) is 5.95. The first kappa shape index (κ1) is 11.5. The second kappa shape index (κ2) is 5.23. The number of hydrogen-bond donors (Lipinski definition) is 2. The van der Waals surface area contributed by atoms with E-state index in [-0.39, 0.29) is 0 Å². The summed E-state index contributed by atoms with van der Waals surface area (Å²) in [5, 5.41) is 16.6. The van der Waals surface area contributed by atoms with Crippen molar-refractivity contribution in [2.45, 2.75) is 12.8 Å². The fourth-order valence-electron chi connectivity index (χ4n) is 0.625. The Labute approximate surface area is 72.5 Å². The van der Waals surface area contributed by atoms with Gasteiger partial charge in [-0.05, 0) is 12.5 Å². The van der Waals surface area contributed by atoms with Gasteiger partial charge in [0.1, 0.15) is 0 Å². The largest absolute Gasteiger partial charge is 0.481 e. The van der Waals surface area contributed by atoms with E-state index < -0.39 is 30.7 Å². The molecule has 0 aliphatic heterocycles. The number of rotatable bonds is 5. The van der Waals surface area contributed by atoms with Crippen LogP contribution < -0.4 is 0 Å². The molecular formula is C7H8F2O4. The Bertz CT molecular complexity index is 211. The maximum atomic E-state index is 11.5. The highest BCUT2D eigenvalue weighted by atomic mass is 19.3. The van der Waals surface area contributed by atoms with Crippen LogP contribution in [0.15, 0.2) is 12.2 Å². The van der Waals surface area contributed by atoms with Crippen molar-refractivity contribution in [1.29, 1.82) is 0 Å². The SMILES string of the molecule is O=C(O)C(C/C=C/C(F)F)C(=O)O. The summed E-state index contributed by atoms with van der Waals surface area (Å²) < 4.78 is 23.0. The molecule has 0 saturated heterocycles. The van der Waals surface area contributed by atoms with Crippen LogP contribution in [0.25, 0.3) is 0 Å². The van der Waals surface area contributed by atoms with Crippen molar-refractivity contribution in [3.05, 3.63) is 12.2 Å². The van der Waals surface area contributed by atoms with Gasteiger partial charge in [-0.1, -0.05) is 6.08 Å². The lowest BCUT2D eigenvalue weighted by atomic mass is 10.1. The van der Waals surface area contributed by atoms with Gasteiger partial charge in [-0.3, -0.25) is 9.59 Å². The summed E-state index contributed by atoms with van der Waals surface area (Å²) >= 11 is 0. The normalized spacial score (nSPS) is 11.4. The minimum atomic E-state index is -2.69. The van der Waals surface area contributed by atoms with Gasteiger partial charge in [-0.2, -0.15) is 0 Å². The van der Waals surface area contributed by atoms with Crippen molar-refractivity contribution in [3.63, 3.8) is 0 Å². The Morgan fingerprint density at radius 2 is 1.69 bits per heavy atom. The summed E-state index contributed by atoms with van der Waals surface area (Å²) in [6.07, 6.45) is -1.82. The Kier molecular flexibility index (Phi) is 4.64. The van der Waals surface area contributed by atoms with Gasteiger partial charge >= 0.3 is 11.9 Å². The van der Waals surface area contributed by atoms with Gasteiger partial charge in [-0.25, -0.2) is 8.78 Å². The average molecular weight is 194 g/mol. The molecule has 2 N–H and O–H groups in total. The first-order valence-electron chi connectivity index (χ1n) is 3.35. The van der Waals surface area contributed by atoms with Gasteiger partial charge in [0.05, 0.1) is 0 Å². The van der Waals surface area contributed by atoms with E-state index in [1.165, 1.54) is 0 Å². The second-order valence-electron chi connectivity index (χ2n) is 2.23. The zero-order chi connectivity index (χ0) is 10.4. The fourth-order valence-corrected chi connectivity index (χ4v) is 0.625. The lowest BCUT2D eigenvalue weighted by Crippen LogP contribution is -2.22. The standard InChI is InChI=1S/C7H8F2O4/c8-5(9)3-1-2-4(6(10)11)7(12)13/h1,3-5H,2H2,(H,10,11)(H,12,13)/b3-1+. The molecule has 0 atom stereocenters. The van der Waals surface area contributed by atoms with Crippen LogP contribution in [0, 0.1) is 5.92 Å². The number of alkyl halides is 2. The van der Waals surface area contributed by atoms with Gasteiger partial charge in [0.2, 0.25) is 0 Å². The summed E-state index contributed by atoms with van der Waals surface area (Å²) in [6, 6.07) is 0. The van der Waals surface area contributed by atoms with Crippen LogP contribution in [-0.2, 0) is 9.59 Å². The molecule has 0 aromatic carbocycles. The zero-order valence-electron chi connectivity index (χ0n) is 6.48. The van der Waals surface area contributed by atoms with E-state index in [0.717, 1.165) is 6.08 Å². The van der Waals surface area contributed by atoms with Crippen molar-refractivity contribution >= 4 is 11.9 Å². The zero-order valence-corrected chi connectivity index (χ0v) is 6.48. The number of aliphatic carboxylic acids is 2. The van der Waals surface area contributed by atoms with E-state index in [4.69, 9.17) is 10.2 Å². The molecule has 13 heavy (non-hydrogen) atoms. The highest BCUT2D eigenvalue weighted by Crippen LogP contribution is 2.06. The molecule has 0 spiro atoms. The molecule has 0 bridgehead atoms. The average Bonchev–Trinajstić information content (AvgIpc) is 1.95. The molecule has 0 aliphatic carbocycles. The summed E-state index contributed by atoms with van der Waals surface area (Å²) in [7, 11) is 0. The minimum Gasteiger partial charge on any atom is -0.481 e. The van der Waals surface area contributed by atoms with E-state index >= 15 is 0 Å². The van der Waals surface area contributed by atoms with E-state index in [1.807, 2.05) is 0 Å². The van der Waals surface area contributed by atoms with Crippen molar-refractivity contribution in [2.75, 3.05) is 0 Å². The first-order valence-corrected chi connectivity index (χ1v) is 3.35. The van der Waals surface area contributed by atoms with Gasteiger partial charge < -0.3 is 10.2 Å². The Balaban J connectivity index is 4.13. The maximum absolute atomic E-state index is 11.5. The van der Waals surface area contributed by atoms with Crippen LogP contribution in [0.2, 0.25) is 0 Å². The van der Waals surface area contributed by atoms with Crippen LogP contribution >= 0.6 is 0 Å². The molecule has 0 heterocycles. The smallest absolute Gasteiger partial charge is 0.318 e. The number of carboxylic acids is 2. The Morgan fingerprint density at radius 3 is 2.00 bits per heavy atom. The lowest BCUT2D eigenvalue weighted by molar-refractivity contribution is -0.154. The molecule has 0 aliphatic rings. The number of allylic oxidation sites excluding steroid dienone is 2. The third kappa shape index (κ3) is 4.89. The molecule has 0 unspecified atom stereocenters. The van der Waals surface area contributed by atoms with Crippen LogP contribution in [0.3, 0.4) is 0 Å². The molecular weight excluding hydrogens is 186 g/mol. The van der Waals surface area contributed by atoms with Gasteiger partial charge in [0.25, 0.3) is 6.43 Å². The van der Waals surface area contributed by atoms with Crippen molar-refractivity contribution in [2.24, 2.45) is 5.92 Å². The van der Waals surface area contributed by atoms with Crippen LogP contribution in [-0.4, -0.2) is 28.6 Å². The summed E-state index contributed by atoms with van der Waals surface area (Å²) in [5.74, 6) is -4.73. The number of carbonyl (C=O) groups is 2. The van der Waals surface area contributed by atoms with Gasteiger partial charge in [-0.15, -0.1) is 0 Å². The van der Waals surface area contributed by atoms with E-state index in [0.29, 0.717) is 6.08 Å². The predicted octanol–water partition coefficient (Wildman–Crippen LogP) is 0.983. The maximum Gasteiger partial charge on any atom is 0.318 e. The highest BCUT2D eigenvalue weighted by Gasteiger charge is 2.23. The highest BCUT2D eigenvalue weighted by molar-refractivity contribution is 5.92. The second-order valence-corrected chi connectivity index (χ2v) is 2.23. The van der Waals surface area contributed by atoms with Crippen LogP contribution in [0.1, 0.15) is 6.42 Å². The fraction of sp³-hybridized carbons (Fsp3) is 0.429. The molecule has 0 rings (SSSR count). The predicted molar refractivity (Wildman–Crippen MR) is 38.5 cm³/mol. The molecule has 0 amide bonds. The summed E-state index contributed by atoms with van der Waals surface area (Å²) in [5.41, 5.74) is 0.